The van der Waals surface area contributed by atoms with Crippen molar-refractivity contribution in [3.05, 3.63) is 53.1 Å². The molecule has 8 heteroatoms. The molecule has 0 saturated carbocycles. The van der Waals surface area contributed by atoms with Crippen LogP contribution in [0.2, 0.25) is 0 Å². The number of likely N-dealkylation sites (tertiary alicyclic amines) is 1. The fraction of sp³-hybridized carbons (Fsp3) is 0.375. The Hall–Kier alpha value is -3.73. The molecule has 0 aliphatic carbocycles. The number of amides is 2. The van der Waals surface area contributed by atoms with Crippen molar-refractivity contribution in [3.8, 4) is 23.3 Å². The Bertz CT molecular complexity index is 1000. The molecule has 3 rings (SSSR count). The van der Waals surface area contributed by atoms with Crippen LogP contribution in [0.15, 0.2) is 36.4 Å². The highest BCUT2D eigenvalue weighted by atomic mass is 16.5. The minimum absolute atomic E-state index is 0.0768. The second-order valence-electron chi connectivity index (χ2n) is 7.69. The summed E-state index contributed by atoms with van der Waals surface area (Å²) >= 11 is 0. The predicted molar refractivity (Wildman–Crippen MR) is 117 cm³/mol. The summed E-state index contributed by atoms with van der Waals surface area (Å²) in [4.78, 5) is 27.0. The topological polar surface area (TPSA) is 101 Å². The number of carbonyl (C=O) groups excluding carboxylic acids is 2. The largest absolute Gasteiger partial charge is 0.493 e. The lowest BCUT2D eigenvalue weighted by Crippen LogP contribution is -2.35. The number of nitrogens with zero attached hydrogens (tertiary/aromatic N) is 2. The zero-order valence-electron chi connectivity index (χ0n) is 18.7. The summed E-state index contributed by atoms with van der Waals surface area (Å²) < 4.78 is 16.0. The SMILES string of the molecule is COc1cc(C(C#N)NC(=O)C2CC(=O)N(Cc3ccc(C)cc3)C2)cc(OC)c1OC. The Kier molecular flexibility index (Phi) is 7.21. The van der Waals surface area contributed by atoms with Crippen LogP contribution in [0.25, 0.3) is 0 Å². The second kappa shape index (κ2) is 10.1. The lowest BCUT2D eigenvalue weighted by atomic mass is 10.0. The van der Waals surface area contributed by atoms with E-state index in [2.05, 4.69) is 11.4 Å². The van der Waals surface area contributed by atoms with E-state index >= 15 is 0 Å². The number of hydrogen-bond donors (Lipinski definition) is 1. The molecule has 168 valence electrons. The summed E-state index contributed by atoms with van der Waals surface area (Å²) in [6, 6.07) is 12.4. The van der Waals surface area contributed by atoms with Crippen LogP contribution >= 0.6 is 0 Å². The maximum absolute atomic E-state index is 12.9. The molecule has 2 aromatic rings. The van der Waals surface area contributed by atoms with E-state index in [9.17, 15) is 14.9 Å². The Labute approximate surface area is 187 Å². The van der Waals surface area contributed by atoms with E-state index in [1.165, 1.54) is 21.3 Å². The van der Waals surface area contributed by atoms with Gasteiger partial charge in [0.25, 0.3) is 0 Å². The molecule has 1 N–H and O–H groups in total. The first-order valence-electron chi connectivity index (χ1n) is 10.2. The Morgan fingerprint density at radius 1 is 1.16 bits per heavy atom. The maximum Gasteiger partial charge on any atom is 0.226 e. The van der Waals surface area contributed by atoms with E-state index in [4.69, 9.17) is 14.2 Å². The number of aryl methyl sites for hydroxylation is 1. The third-order valence-corrected chi connectivity index (χ3v) is 5.52. The standard InChI is InChI=1S/C24H27N3O5/c1-15-5-7-16(8-6-15)13-27-14-18(11-22(27)28)24(29)26-19(12-25)17-9-20(30-2)23(32-4)21(10-17)31-3/h5-10,18-19H,11,13-14H2,1-4H3,(H,26,29). The van der Waals surface area contributed by atoms with Gasteiger partial charge in [0.15, 0.2) is 11.5 Å². The van der Waals surface area contributed by atoms with Crippen LogP contribution in [-0.2, 0) is 16.1 Å². The minimum atomic E-state index is -0.933. The van der Waals surface area contributed by atoms with Gasteiger partial charge in [-0.1, -0.05) is 29.8 Å². The summed E-state index contributed by atoms with van der Waals surface area (Å²) in [7, 11) is 4.45. The average molecular weight is 437 g/mol. The lowest BCUT2D eigenvalue weighted by Gasteiger charge is -2.19. The van der Waals surface area contributed by atoms with E-state index < -0.39 is 12.0 Å². The quantitative estimate of drug-likeness (QED) is 0.682. The normalized spacial score (nSPS) is 16.3. The number of hydrogen-bond acceptors (Lipinski definition) is 6. The molecular formula is C24H27N3O5. The highest BCUT2D eigenvalue weighted by Crippen LogP contribution is 2.39. The van der Waals surface area contributed by atoms with Crippen molar-refractivity contribution in [2.24, 2.45) is 5.92 Å². The van der Waals surface area contributed by atoms with Gasteiger partial charge in [0, 0.05) is 19.5 Å². The molecule has 1 heterocycles. The number of nitriles is 1. The first-order chi connectivity index (χ1) is 15.4. The first kappa shape index (κ1) is 22.9. The molecule has 8 nitrogen and oxygen atoms in total. The molecule has 2 unspecified atom stereocenters. The number of nitrogens with one attached hydrogen (secondary N) is 1. The van der Waals surface area contributed by atoms with Crippen LogP contribution in [0.4, 0.5) is 0 Å². The van der Waals surface area contributed by atoms with Gasteiger partial charge in [0.2, 0.25) is 17.6 Å². The van der Waals surface area contributed by atoms with Crippen molar-refractivity contribution in [2.45, 2.75) is 25.9 Å². The van der Waals surface area contributed by atoms with E-state index in [0.717, 1.165) is 11.1 Å². The van der Waals surface area contributed by atoms with Crippen LogP contribution in [0.3, 0.4) is 0 Å². The van der Waals surface area contributed by atoms with Gasteiger partial charge in [-0.05, 0) is 30.2 Å². The van der Waals surface area contributed by atoms with E-state index in [1.54, 1.807) is 17.0 Å². The molecule has 1 aliphatic rings. The smallest absolute Gasteiger partial charge is 0.226 e. The molecular weight excluding hydrogens is 410 g/mol. The third-order valence-electron chi connectivity index (χ3n) is 5.52. The van der Waals surface area contributed by atoms with Crippen molar-refractivity contribution in [3.63, 3.8) is 0 Å². The monoisotopic (exact) mass is 437 g/mol. The molecule has 32 heavy (non-hydrogen) atoms. The zero-order valence-corrected chi connectivity index (χ0v) is 18.7. The van der Waals surface area contributed by atoms with Gasteiger partial charge < -0.3 is 24.4 Å². The van der Waals surface area contributed by atoms with Crippen LogP contribution < -0.4 is 19.5 Å². The van der Waals surface area contributed by atoms with Crippen molar-refractivity contribution in [1.82, 2.24) is 10.2 Å². The summed E-state index contributed by atoms with van der Waals surface area (Å²) in [6.07, 6.45) is 0.116. The Balaban J connectivity index is 1.71. The minimum Gasteiger partial charge on any atom is -0.493 e. The van der Waals surface area contributed by atoms with Gasteiger partial charge in [-0.15, -0.1) is 0 Å². The van der Waals surface area contributed by atoms with Gasteiger partial charge in [0.1, 0.15) is 6.04 Å². The second-order valence-corrected chi connectivity index (χ2v) is 7.69. The van der Waals surface area contributed by atoms with Gasteiger partial charge in [-0.25, -0.2) is 0 Å². The van der Waals surface area contributed by atoms with E-state index in [-0.39, 0.29) is 18.2 Å². The number of benzene rings is 2. The van der Waals surface area contributed by atoms with Crippen molar-refractivity contribution >= 4 is 11.8 Å². The van der Waals surface area contributed by atoms with Crippen LogP contribution in [0, 0.1) is 24.2 Å². The predicted octanol–water partition coefficient (Wildman–Crippen LogP) is 2.75. The fourth-order valence-electron chi connectivity index (χ4n) is 3.73. The molecule has 0 bridgehead atoms. The zero-order chi connectivity index (χ0) is 23.3. The number of rotatable bonds is 8. The highest BCUT2D eigenvalue weighted by molar-refractivity contribution is 5.89. The number of methoxy groups -OCH3 is 3. The van der Waals surface area contributed by atoms with Gasteiger partial charge in [-0.3, -0.25) is 9.59 Å². The molecule has 1 aliphatic heterocycles. The Morgan fingerprint density at radius 3 is 2.31 bits per heavy atom. The number of ether oxygens (including phenoxy) is 3. The molecule has 2 atom stereocenters. The summed E-state index contributed by atoms with van der Waals surface area (Å²) in [6.45, 7) is 2.77. The first-order valence-corrected chi connectivity index (χ1v) is 10.2. The van der Waals surface area contributed by atoms with Crippen molar-refractivity contribution in [2.75, 3.05) is 27.9 Å². The average Bonchev–Trinajstić information content (AvgIpc) is 3.17. The van der Waals surface area contributed by atoms with Crippen LogP contribution in [0.1, 0.15) is 29.2 Å². The fourth-order valence-corrected chi connectivity index (χ4v) is 3.73. The maximum atomic E-state index is 12.9. The Morgan fingerprint density at radius 2 is 1.78 bits per heavy atom. The molecule has 0 aromatic heterocycles. The summed E-state index contributed by atoms with van der Waals surface area (Å²) in [5.74, 6) is 0.228. The van der Waals surface area contributed by atoms with Crippen molar-refractivity contribution in [1.29, 1.82) is 5.26 Å². The van der Waals surface area contributed by atoms with Crippen molar-refractivity contribution < 1.29 is 23.8 Å². The summed E-state index contributed by atoms with van der Waals surface area (Å²) in [5, 5.41) is 12.4. The molecule has 1 saturated heterocycles. The van der Waals surface area contributed by atoms with Crippen LogP contribution in [0.5, 0.6) is 17.2 Å². The molecule has 2 amide bonds. The highest BCUT2D eigenvalue weighted by Gasteiger charge is 2.35. The number of carbonyl (C=O) groups is 2. The van der Waals surface area contributed by atoms with Crippen LogP contribution in [-0.4, -0.2) is 44.6 Å². The van der Waals surface area contributed by atoms with Gasteiger partial charge >= 0.3 is 0 Å². The third kappa shape index (κ3) is 4.94. The lowest BCUT2D eigenvalue weighted by molar-refractivity contribution is -0.129. The van der Waals surface area contributed by atoms with E-state index in [0.29, 0.717) is 35.9 Å². The van der Waals surface area contributed by atoms with E-state index in [1.807, 2.05) is 31.2 Å². The van der Waals surface area contributed by atoms with Gasteiger partial charge in [0.05, 0.1) is 33.3 Å². The van der Waals surface area contributed by atoms with Gasteiger partial charge in [-0.2, -0.15) is 5.26 Å². The molecule has 1 fully saturated rings. The molecule has 2 aromatic carbocycles. The molecule has 0 radical (unpaired) electrons. The molecule has 0 spiro atoms. The summed E-state index contributed by atoms with van der Waals surface area (Å²) in [5.41, 5.74) is 2.65.